The zero-order valence-corrected chi connectivity index (χ0v) is 8.52. The van der Waals surface area contributed by atoms with Crippen LogP contribution in [0.4, 0.5) is 0 Å². The Bertz CT molecular complexity index is 86.7. The minimum atomic E-state index is 0.650. The first-order valence-corrected chi connectivity index (χ1v) is 4.85. The highest BCUT2D eigenvalue weighted by Gasteiger charge is 2.06. The molecule has 0 amide bonds. The number of unbranched alkanes of at least 4 members (excludes halogenated alkanes) is 1. The van der Waals surface area contributed by atoms with Gasteiger partial charge in [0, 0.05) is 4.83 Å². The molecule has 60 valence electrons. The second-order valence-corrected chi connectivity index (χ2v) is 4.32. The summed E-state index contributed by atoms with van der Waals surface area (Å²) < 4.78 is 0. The summed E-state index contributed by atoms with van der Waals surface area (Å²) in [6.07, 6.45) is 5.73. The van der Waals surface area contributed by atoms with Crippen LogP contribution >= 0.6 is 15.9 Å². The largest absolute Gasteiger partial charge is 0.103 e. The van der Waals surface area contributed by atoms with Crippen LogP contribution in [0.3, 0.4) is 0 Å². The Kier molecular flexibility index (Phi) is 6.10. The van der Waals surface area contributed by atoms with Crippen molar-refractivity contribution in [2.75, 3.05) is 0 Å². The van der Waals surface area contributed by atoms with Crippen molar-refractivity contribution in [3.8, 4) is 0 Å². The van der Waals surface area contributed by atoms with Gasteiger partial charge < -0.3 is 0 Å². The maximum absolute atomic E-state index is 3.69. The number of halogens is 1. The van der Waals surface area contributed by atoms with Crippen LogP contribution in [0.5, 0.6) is 0 Å². The lowest BCUT2D eigenvalue weighted by atomic mass is 10.0. The highest BCUT2D eigenvalue weighted by Crippen LogP contribution is 2.17. The van der Waals surface area contributed by atoms with Gasteiger partial charge in [-0.1, -0.05) is 35.9 Å². The molecule has 0 aromatic heterocycles. The van der Waals surface area contributed by atoms with Gasteiger partial charge in [-0.2, -0.15) is 0 Å². The Morgan fingerprint density at radius 1 is 1.50 bits per heavy atom. The van der Waals surface area contributed by atoms with Crippen molar-refractivity contribution < 1.29 is 0 Å². The first kappa shape index (κ1) is 10.2. The second kappa shape index (κ2) is 5.96. The van der Waals surface area contributed by atoms with Crippen LogP contribution in [-0.4, -0.2) is 4.83 Å². The van der Waals surface area contributed by atoms with Crippen LogP contribution in [0.15, 0.2) is 12.7 Å². The fourth-order valence-electron chi connectivity index (χ4n) is 0.814. The highest BCUT2D eigenvalue weighted by molar-refractivity contribution is 9.09. The molecule has 2 atom stereocenters. The molecule has 0 radical (unpaired) electrons. The third kappa shape index (κ3) is 5.04. The molecule has 0 aliphatic heterocycles. The Hall–Kier alpha value is 0.220. The summed E-state index contributed by atoms with van der Waals surface area (Å²) in [5.41, 5.74) is 0. The average molecular weight is 205 g/mol. The predicted octanol–water partition coefficient (Wildman–Crippen LogP) is 3.76. The van der Waals surface area contributed by atoms with E-state index in [2.05, 4.69) is 36.4 Å². The van der Waals surface area contributed by atoms with Crippen molar-refractivity contribution in [1.29, 1.82) is 0 Å². The van der Waals surface area contributed by atoms with E-state index in [0.29, 0.717) is 4.83 Å². The minimum Gasteiger partial charge on any atom is -0.103 e. The van der Waals surface area contributed by atoms with E-state index < -0.39 is 0 Å². The summed E-state index contributed by atoms with van der Waals surface area (Å²) in [7, 11) is 0. The molecule has 0 heterocycles. The maximum Gasteiger partial charge on any atom is 0.0143 e. The zero-order chi connectivity index (χ0) is 7.98. The van der Waals surface area contributed by atoms with Gasteiger partial charge in [0.25, 0.3) is 0 Å². The molecule has 10 heavy (non-hydrogen) atoms. The minimum absolute atomic E-state index is 0.650. The predicted molar refractivity (Wildman–Crippen MR) is 51.6 cm³/mol. The molecule has 0 spiro atoms. The summed E-state index contributed by atoms with van der Waals surface area (Å²) in [5, 5.41) is 0. The van der Waals surface area contributed by atoms with Gasteiger partial charge in [-0.05, 0) is 25.2 Å². The topological polar surface area (TPSA) is 0 Å². The lowest BCUT2D eigenvalue weighted by molar-refractivity contribution is 0.514. The molecule has 0 rings (SSSR count). The number of hydrogen-bond acceptors (Lipinski definition) is 0. The van der Waals surface area contributed by atoms with Crippen LogP contribution in [0.2, 0.25) is 0 Å². The molecule has 1 heteroatoms. The van der Waals surface area contributed by atoms with E-state index in [1.54, 1.807) is 0 Å². The van der Waals surface area contributed by atoms with Crippen LogP contribution in [0.1, 0.15) is 33.1 Å². The summed E-state index contributed by atoms with van der Waals surface area (Å²) >= 11 is 3.57. The van der Waals surface area contributed by atoms with Gasteiger partial charge in [0.2, 0.25) is 0 Å². The number of rotatable bonds is 5. The molecular weight excluding hydrogens is 188 g/mol. The van der Waals surface area contributed by atoms with Crippen molar-refractivity contribution in [2.45, 2.75) is 37.9 Å². The van der Waals surface area contributed by atoms with Crippen LogP contribution in [-0.2, 0) is 0 Å². The van der Waals surface area contributed by atoms with Gasteiger partial charge >= 0.3 is 0 Å². The van der Waals surface area contributed by atoms with Crippen LogP contribution < -0.4 is 0 Å². The van der Waals surface area contributed by atoms with Crippen molar-refractivity contribution in [3.05, 3.63) is 12.7 Å². The quantitative estimate of drug-likeness (QED) is 0.364. The van der Waals surface area contributed by atoms with E-state index in [1.165, 1.54) is 12.8 Å². The highest BCUT2D eigenvalue weighted by atomic mass is 79.9. The van der Waals surface area contributed by atoms with E-state index in [9.17, 15) is 0 Å². The van der Waals surface area contributed by atoms with Crippen molar-refractivity contribution >= 4 is 15.9 Å². The van der Waals surface area contributed by atoms with E-state index in [4.69, 9.17) is 0 Å². The molecule has 2 unspecified atom stereocenters. The Labute approximate surface area is 72.8 Å². The second-order valence-electron chi connectivity index (χ2n) is 2.87. The average Bonchev–Trinajstić information content (AvgIpc) is 1.88. The normalized spacial score (nSPS) is 16.3. The van der Waals surface area contributed by atoms with Gasteiger partial charge in [0.05, 0.1) is 0 Å². The number of alkyl halides is 1. The molecule has 0 bridgehead atoms. The Morgan fingerprint density at radius 3 is 2.50 bits per heavy atom. The summed E-state index contributed by atoms with van der Waals surface area (Å²) in [6, 6.07) is 0. The SMILES string of the molecule is C=CCCCC(C)C(C)Br. The van der Waals surface area contributed by atoms with Crippen LogP contribution in [0.25, 0.3) is 0 Å². The zero-order valence-electron chi connectivity index (χ0n) is 6.94. The smallest absolute Gasteiger partial charge is 0.0143 e. The van der Waals surface area contributed by atoms with Crippen LogP contribution in [0, 0.1) is 5.92 Å². The van der Waals surface area contributed by atoms with Gasteiger partial charge in [-0.25, -0.2) is 0 Å². The van der Waals surface area contributed by atoms with Gasteiger partial charge in [-0.3, -0.25) is 0 Å². The molecule has 0 N–H and O–H groups in total. The van der Waals surface area contributed by atoms with E-state index in [1.807, 2.05) is 6.08 Å². The lowest BCUT2D eigenvalue weighted by Gasteiger charge is -2.12. The molecule has 0 nitrogen and oxygen atoms in total. The van der Waals surface area contributed by atoms with Crippen molar-refractivity contribution in [1.82, 2.24) is 0 Å². The summed E-state index contributed by atoms with van der Waals surface area (Å²) in [4.78, 5) is 0.650. The monoisotopic (exact) mass is 204 g/mol. The first-order valence-electron chi connectivity index (χ1n) is 3.93. The van der Waals surface area contributed by atoms with E-state index in [0.717, 1.165) is 12.3 Å². The third-order valence-corrected chi connectivity index (χ3v) is 2.75. The maximum atomic E-state index is 3.69. The third-order valence-electron chi connectivity index (χ3n) is 1.85. The molecule has 0 saturated carbocycles. The van der Waals surface area contributed by atoms with E-state index >= 15 is 0 Å². The molecule has 0 saturated heterocycles. The van der Waals surface area contributed by atoms with Gasteiger partial charge in [0.15, 0.2) is 0 Å². The first-order chi connectivity index (χ1) is 4.68. The molecule has 0 aromatic carbocycles. The number of hydrogen-bond donors (Lipinski definition) is 0. The Morgan fingerprint density at radius 2 is 2.10 bits per heavy atom. The number of allylic oxidation sites excluding steroid dienone is 1. The van der Waals surface area contributed by atoms with Gasteiger partial charge in [0.1, 0.15) is 0 Å². The standard InChI is InChI=1S/C9H17Br/c1-4-5-6-7-8(2)9(3)10/h4,8-9H,1,5-7H2,2-3H3. The van der Waals surface area contributed by atoms with Crippen molar-refractivity contribution in [3.63, 3.8) is 0 Å². The summed E-state index contributed by atoms with van der Waals surface area (Å²) in [6.45, 7) is 8.18. The molecule has 0 fully saturated rings. The molecule has 0 aromatic rings. The summed E-state index contributed by atoms with van der Waals surface area (Å²) in [5.74, 6) is 0.792. The molecule has 0 aliphatic rings. The molecular formula is C9H17Br. The van der Waals surface area contributed by atoms with Gasteiger partial charge in [-0.15, -0.1) is 6.58 Å². The van der Waals surface area contributed by atoms with Crippen molar-refractivity contribution in [2.24, 2.45) is 5.92 Å². The lowest BCUT2D eigenvalue weighted by Crippen LogP contribution is -2.05. The Balaban J connectivity index is 3.21. The fraction of sp³-hybridized carbons (Fsp3) is 0.778. The fourth-order valence-corrected chi connectivity index (χ4v) is 1.08. The molecule has 0 aliphatic carbocycles. The van der Waals surface area contributed by atoms with E-state index in [-0.39, 0.29) is 0 Å².